The zero-order valence-electron chi connectivity index (χ0n) is 31.4. The van der Waals surface area contributed by atoms with Gasteiger partial charge in [0.2, 0.25) is 11.8 Å². The van der Waals surface area contributed by atoms with Crippen molar-refractivity contribution >= 4 is 57.7 Å². The number of imide groups is 2. The maximum Gasteiger partial charge on any atom is 0.265 e. The predicted molar refractivity (Wildman–Crippen MR) is 209 cm³/mol. The van der Waals surface area contributed by atoms with E-state index in [1.54, 1.807) is 29.6 Å². The summed E-state index contributed by atoms with van der Waals surface area (Å²) < 4.78 is 29.7. The molecule has 6 heterocycles. The molecule has 4 aliphatic heterocycles. The predicted octanol–water partition coefficient (Wildman–Crippen LogP) is 3.64. The van der Waals surface area contributed by atoms with E-state index in [0.717, 1.165) is 23.1 Å². The largest absolute Gasteiger partial charge is 0.508 e. The van der Waals surface area contributed by atoms with Gasteiger partial charge in [0.1, 0.15) is 29.5 Å². The highest BCUT2D eigenvalue weighted by Crippen LogP contribution is 2.38. The van der Waals surface area contributed by atoms with Crippen LogP contribution < -0.4 is 15.5 Å². The Morgan fingerprint density at radius 2 is 1.73 bits per heavy atom. The van der Waals surface area contributed by atoms with Gasteiger partial charge in [0.15, 0.2) is 10.9 Å². The van der Waals surface area contributed by atoms with Gasteiger partial charge in [-0.3, -0.25) is 49.2 Å². The molecule has 60 heavy (non-hydrogen) atoms. The number of hydrogen-bond acceptors (Lipinski definition) is 13. The first kappa shape index (κ1) is 38.5. The van der Waals surface area contributed by atoms with Crippen LogP contribution in [-0.4, -0.2) is 103 Å². The molecule has 0 spiro atoms. The van der Waals surface area contributed by atoms with Crippen molar-refractivity contribution in [2.24, 2.45) is 0 Å². The fourth-order valence-electron chi connectivity index (χ4n) is 8.08. The summed E-state index contributed by atoms with van der Waals surface area (Å²) in [6.45, 7) is 2.58. The van der Waals surface area contributed by atoms with E-state index in [4.69, 9.17) is 0 Å². The molecule has 2 saturated heterocycles. The van der Waals surface area contributed by atoms with Gasteiger partial charge in [-0.05, 0) is 66.1 Å². The third-order valence-corrected chi connectivity index (χ3v) is 11.7. The highest BCUT2D eigenvalue weighted by atomic mass is 32.1. The van der Waals surface area contributed by atoms with Crippen LogP contribution in [0.5, 0.6) is 5.75 Å². The van der Waals surface area contributed by atoms with Gasteiger partial charge in [-0.25, -0.2) is 13.8 Å². The number of carbonyl (C=O) groups excluding carboxylic acids is 6. The van der Waals surface area contributed by atoms with Crippen LogP contribution in [0.4, 0.5) is 19.7 Å². The number of phenolic OH excluding ortho intramolecular Hbond substituents is 1. The molecule has 3 N–H and O–H groups in total. The van der Waals surface area contributed by atoms with Crippen LogP contribution in [0.2, 0.25) is 0 Å². The van der Waals surface area contributed by atoms with Crippen LogP contribution in [0.1, 0.15) is 66.6 Å². The summed E-state index contributed by atoms with van der Waals surface area (Å²) in [5.74, 6) is -5.34. The molecule has 6 amide bonds. The van der Waals surface area contributed by atoms with Crippen molar-refractivity contribution in [1.82, 2.24) is 35.2 Å². The molecule has 2 fully saturated rings. The van der Waals surface area contributed by atoms with Crippen LogP contribution in [0.3, 0.4) is 0 Å². The molecular weight excluding hydrogens is 801 g/mol. The Kier molecular flexibility index (Phi) is 9.83. The number of phenols is 1. The molecule has 16 nitrogen and oxygen atoms in total. The van der Waals surface area contributed by atoms with Crippen molar-refractivity contribution < 1.29 is 42.7 Å². The van der Waals surface area contributed by atoms with Gasteiger partial charge < -0.3 is 14.9 Å². The van der Waals surface area contributed by atoms with Crippen molar-refractivity contribution in [3.8, 4) is 17.0 Å². The van der Waals surface area contributed by atoms with E-state index in [9.17, 15) is 38.3 Å². The molecular formula is C41H33F2N9O7S. The Hall–Kier alpha value is -6.99. The Balaban J connectivity index is 0.850. The second-order valence-corrected chi connectivity index (χ2v) is 15.6. The maximum atomic E-state index is 15.3. The minimum atomic E-state index is -1.37. The Morgan fingerprint density at radius 3 is 2.47 bits per heavy atom. The van der Waals surface area contributed by atoms with Crippen molar-refractivity contribution in [2.75, 3.05) is 36.4 Å². The minimum absolute atomic E-state index is 0.0259. The van der Waals surface area contributed by atoms with E-state index in [2.05, 4.69) is 30.7 Å². The number of thiazole rings is 1. The number of fused-ring (bicyclic) bond motifs is 2. The molecule has 19 heteroatoms. The Bertz CT molecular complexity index is 2620. The van der Waals surface area contributed by atoms with Crippen LogP contribution in [0.15, 0.2) is 72.2 Å². The third kappa shape index (κ3) is 7.00. The topological polar surface area (TPSA) is 198 Å². The number of halogens is 2. The number of carbonyl (C=O) groups is 6. The minimum Gasteiger partial charge on any atom is -0.508 e. The lowest BCUT2D eigenvalue weighted by Gasteiger charge is -2.35. The van der Waals surface area contributed by atoms with Gasteiger partial charge in [0.05, 0.1) is 16.8 Å². The van der Waals surface area contributed by atoms with Crippen LogP contribution >= 0.6 is 11.3 Å². The molecule has 3 aromatic carbocycles. The van der Waals surface area contributed by atoms with E-state index in [0.29, 0.717) is 66.5 Å². The van der Waals surface area contributed by atoms with Gasteiger partial charge in [-0.2, -0.15) is 0 Å². The maximum absolute atomic E-state index is 15.3. The highest BCUT2D eigenvalue weighted by Gasteiger charge is 2.46. The number of nitrogens with one attached hydrogen (secondary N) is 2. The molecule has 0 radical (unpaired) electrons. The van der Waals surface area contributed by atoms with E-state index in [1.165, 1.54) is 34.6 Å². The van der Waals surface area contributed by atoms with Crippen LogP contribution in [0, 0.1) is 11.6 Å². The molecule has 2 unspecified atom stereocenters. The molecule has 0 aliphatic carbocycles. The molecule has 5 aromatic rings. The summed E-state index contributed by atoms with van der Waals surface area (Å²) in [4.78, 5) is 88.1. The number of benzene rings is 3. The van der Waals surface area contributed by atoms with Crippen LogP contribution in [0.25, 0.3) is 11.3 Å². The highest BCUT2D eigenvalue weighted by molar-refractivity contribution is 7.13. The van der Waals surface area contributed by atoms with Gasteiger partial charge in [0.25, 0.3) is 23.6 Å². The monoisotopic (exact) mass is 833 g/mol. The average molecular weight is 834 g/mol. The van der Waals surface area contributed by atoms with Crippen molar-refractivity contribution in [2.45, 2.75) is 38.0 Å². The standard InChI is InChI=1S/C41H33F2N9O7S/c42-24-3-6-31(53)26(18-24)35(37(56)46-41-44-9-14-60-41)51-20-23-2-1-22(17-25(23)38(51)57)29-4-7-32(48-47-29)50-12-10-49(11-13-50)19-21-15-27-34(28(43)16-21)40(59)52(39(27)58)30-5-8-33(54)45-36(30)55/h1-4,6-7,9,14-18,30,35,53H,5,8,10-13,19-20H2,(H,44,46,56)(H,45,54,55). The second-order valence-electron chi connectivity index (χ2n) is 14.7. The normalized spacial score (nSPS) is 18.5. The van der Waals surface area contributed by atoms with E-state index in [-0.39, 0.29) is 47.0 Å². The quantitative estimate of drug-likeness (QED) is 0.183. The van der Waals surface area contributed by atoms with Gasteiger partial charge in [-0.1, -0.05) is 12.1 Å². The molecule has 2 aromatic heterocycles. The number of rotatable bonds is 9. The van der Waals surface area contributed by atoms with Gasteiger partial charge in [0, 0.05) is 74.0 Å². The Labute approximate surface area is 343 Å². The summed E-state index contributed by atoms with van der Waals surface area (Å²) in [5, 5.41) is 26.3. The molecule has 2 atom stereocenters. The Morgan fingerprint density at radius 1 is 0.917 bits per heavy atom. The molecule has 9 rings (SSSR count). The lowest BCUT2D eigenvalue weighted by molar-refractivity contribution is -0.136. The first-order valence-electron chi connectivity index (χ1n) is 18.9. The van der Waals surface area contributed by atoms with E-state index >= 15 is 4.39 Å². The number of piperazine rings is 1. The fourth-order valence-corrected chi connectivity index (χ4v) is 8.61. The second kappa shape index (κ2) is 15.3. The van der Waals surface area contributed by atoms with Crippen molar-refractivity contribution in [3.63, 3.8) is 0 Å². The summed E-state index contributed by atoms with van der Waals surface area (Å²) >= 11 is 1.17. The zero-order chi connectivity index (χ0) is 41.8. The van der Waals surface area contributed by atoms with Crippen molar-refractivity contribution in [1.29, 1.82) is 0 Å². The lowest BCUT2D eigenvalue weighted by atomic mass is 10.0. The number of aromatic hydroxyl groups is 1. The third-order valence-electron chi connectivity index (χ3n) is 11.1. The molecule has 4 aliphatic rings. The molecule has 0 saturated carbocycles. The number of aromatic nitrogens is 3. The lowest BCUT2D eigenvalue weighted by Crippen LogP contribution is -2.54. The number of amides is 6. The van der Waals surface area contributed by atoms with Crippen LogP contribution in [-0.2, 0) is 27.5 Å². The smallest absolute Gasteiger partial charge is 0.265 e. The summed E-state index contributed by atoms with van der Waals surface area (Å²) in [6.07, 6.45) is 1.44. The molecule has 0 bridgehead atoms. The number of anilines is 2. The van der Waals surface area contributed by atoms with E-state index in [1.807, 2.05) is 11.0 Å². The fraction of sp³-hybridized carbons (Fsp3) is 0.244. The molecule has 304 valence electrons. The number of nitrogens with zero attached hydrogens (tertiary/aromatic N) is 7. The summed E-state index contributed by atoms with van der Waals surface area (Å²) in [6, 6.07) is 12.2. The first-order valence-corrected chi connectivity index (χ1v) is 19.8. The average Bonchev–Trinajstić information content (AvgIpc) is 3.93. The van der Waals surface area contributed by atoms with Gasteiger partial charge >= 0.3 is 0 Å². The summed E-state index contributed by atoms with van der Waals surface area (Å²) in [7, 11) is 0. The van der Waals surface area contributed by atoms with E-state index < -0.39 is 59.2 Å². The summed E-state index contributed by atoms with van der Waals surface area (Å²) in [5.41, 5.74) is 1.99. The number of piperidine rings is 1. The SMILES string of the molecule is O=C1CCC(N2C(=O)c3cc(CN4CCN(c5ccc(-c6ccc7c(c6)C(=O)N(C(C(=O)Nc6nccs6)c6cc(F)ccc6O)C7)nn5)CC4)cc(F)c3C2=O)C(=O)N1. The van der Waals surface area contributed by atoms with Crippen molar-refractivity contribution in [3.05, 3.63) is 117 Å². The first-order chi connectivity index (χ1) is 28.9. The van der Waals surface area contributed by atoms with Gasteiger partial charge in [-0.15, -0.1) is 21.5 Å². The zero-order valence-corrected chi connectivity index (χ0v) is 32.2. The number of hydrogen-bond donors (Lipinski definition) is 3.